The van der Waals surface area contributed by atoms with Gasteiger partial charge in [-0.25, -0.2) is 4.79 Å². The first-order valence-electron chi connectivity index (χ1n) is 17.6. The van der Waals surface area contributed by atoms with E-state index < -0.39 is 17.0 Å². The van der Waals surface area contributed by atoms with E-state index in [4.69, 9.17) is 9.47 Å². The van der Waals surface area contributed by atoms with Crippen molar-refractivity contribution < 1.29 is 14.3 Å². The second-order valence-corrected chi connectivity index (χ2v) is 16.0. The van der Waals surface area contributed by atoms with Gasteiger partial charge in [-0.1, -0.05) is 72.5 Å². The van der Waals surface area contributed by atoms with E-state index in [-0.39, 0.29) is 29.5 Å². The Kier molecular flexibility index (Phi) is 9.92. The maximum atomic E-state index is 12.8. The number of carbonyl (C=O) groups is 1. The summed E-state index contributed by atoms with van der Waals surface area (Å²) in [5.74, 6) is 5.38. The molecule has 1 unspecified atom stereocenters. The highest BCUT2D eigenvalue weighted by Crippen LogP contribution is 2.67. The lowest BCUT2D eigenvalue weighted by Crippen LogP contribution is -2.49. The van der Waals surface area contributed by atoms with E-state index in [1.165, 1.54) is 70.5 Å². The first kappa shape index (κ1) is 33.1. The highest BCUT2D eigenvalue weighted by molar-refractivity contribution is 5.67. The average Bonchev–Trinajstić information content (AvgIpc) is 3.26. The molecule has 0 radical (unpaired) electrons. The number of nitrogens with one attached hydrogen (secondary N) is 2. The van der Waals surface area contributed by atoms with Crippen LogP contribution in [-0.2, 0) is 4.74 Å². The van der Waals surface area contributed by atoms with Crippen LogP contribution in [0.3, 0.4) is 0 Å². The molecule has 0 aromatic heterocycles. The molecule has 2 N–H and O–H groups in total. The number of ether oxygens (including phenoxy) is 2. The van der Waals surface area contributed by atoms with E-state index in [9.17, 15) is 14.4 Å². The van der Waals surface area contributed by atoms with Gasteiger partial charge in [-0.05, 0) is 97.2 Å². The summed E-state index contributed by atoms with van der Waals surface area (Å²) >= 11 is 0. The average molecular weight is 611 g/mol. The maximum Gasteiger partial charge on any atom is 0.407 e. The molecular formula is C37H58N2O5. The van der Waals surface area contributed by atoms with Crippen molar-refractivity contribution in [3.05, 3.63) is 32.1 Å². The smallest absolute Gasteiger partial charge is 0.407 e. The second-order valence-electron chi connectivity index (χ2n) is 16.0. The molecule has 4 aliphatic rings. The van der Waals surface area contributed by atoms with Crippen molar-refractivity contribution in [3.63, 3.8) is 0 Å². The minimum atomic E-state index is -0.614. The molecule has 0 saturated heterocycles. The predicted molar refractivity (Wildman–Crippen MR) is 177 cm³/mol. The van der Waals surface area contributed by atoms with Gasteiger partial charge in [0.2, 0.25) is 0 Å². The molecule has 3 saturated carbocycles. The van der Waals surface area contributed by atoms with Crippen LogP contribution in [0.1, 0.15) is 112 Å². The zero-order valence-electron chi connectivity index (χ0n) is 28.4. The van der Waals surface area contributed by atoms with Crippen molar-refractivity contribution >= 4 is 11.8 Å². The third kappa shape index (κ3) is 6.23. The zero-order valence-corrected chi connectivity index (χ0v) is 28.4. The highest BCUT2D eigenvalue weighted by atomic mass is 16.6. The molecule has 0 bridgehead atoms. The summed E-state index contributed by atoms with van der Waals surface area (Å²) in [5.41, 5.74) is 1.18. The molecular weight excluding hydrogens is 552 g/mol. The summed E-state index contributed by atoms with van der Waals surface area (Å²) in [5, 5.41) is 5.70. The first-order chi connectivity index (χ1) is 20.9. The van der Waals surface area contributed by atoms with E-state index >= 15 is 0 Å². The van der Waals surface area contributed by atoms with Crippen molar-refractivity contribution in [2.75, 3.05) is 25.5 Å². The minimum Gasteiger partial charge on any atom is -0.491 e. The summed E-state index contributed by atoms with van der Waals surface area (Å²) in [6.07, 6.45) is 15.7. The predicted octanol–water partition coefficient (Wildman–Crippen LogP) is 7.48. The van der Waals surface area contributed by atoms with Gasteiger partial charge in [0.15, 0.2) is 5.75 Å². The Labute approximate surface area is 265 Å². The largest absolute Gasteiger partial charge is 0.491 e. The molecule has 1 aromatic rings. The molecule has 1 amide bonds. The third-order valence-electron chi connectivity index (χ3n) is 12.8. The van der Waals surface area contributed by atoms with E-state index in [2.05, 4.69) is 58.3 Å². The molecule has 9 atom stereocenters. The molecule has 1 aromatic carbocycles. The maximum absolute atomic E-state index is 12.8. The molecule has 5 rings (SSSR count). The molecule has 44 heavy (non-hydrogen) atoms. The standard InChI is InChI=1S/C37H58N2O5/c1-22(2)9-8-10-24(4)28-13-14-29-27-12-11-25-20-26(19-23(3)21-37(25,6)30(27)15-16-36(28,29)5)44-35(42)39-18-17-38-31-32(40)33(41)34(31)43-7/h11,22-24,26-30,38H,8-10,12-21H2,1-7H3,(H,39,42)/t23-,24+,26-,27-,28+,29-,30?,36+,37-/m0/s1. The Balaban J connectivity index is 1.18. The van der Waals surface area contributed by atoms with Gasteiger partial charge in [0, 0.05) is 19.5 Å². The van der Waals surface area contributed by atoms with Gasteiger partial charge in [0.1, 0.15) is 11.8 Å². The van der Waals surface area contributed by atoms with Gasteiger partial charge in [-0.2, -0.15) is 0 Å². The monoisotopic (exact) mass is 610 g/mol. The van der Waals surface area contributed by atoms with Gasteiger partial charge in [0.05, 0.1) is 7.11 Å². The molecule has 7 heteroatoms. The number of allylic oxidation sites excluding steroid dienone is 1. The Hall–Kier alpha value is -2.31. The van der Waals surface area contributed by atoms with E-state index in [1.54, 1.807) is 0 Å². The van der Waals surface area contributed by atoms with Crippen molar-refractivity contribution in [1.82, 2.24) is 5.32 Å². The number of fused-ring (bicyclic) bond motifs is 5. The fourth-order valence-electron chi connectivity index (χ4n) is 10.7. The van der Waals surface area contributed by atoms with Crippen molar-refractivity contribution in [2.24, 2.45) is 52.3 Å². The number of amides is 1. The number of rotatable bonds is 11. The van der Waals surface area contributed by atoms with Crippen LogP contribution in [0.15, 0.2) is 21.2 Å². The lowest BCUT2D eigenvalue weighted by atomic mass is 9.48. The van der Waals surface area contributed by atoms with Crippen molar-refractivity contribution in [2.45, 2.75) is 118 Å². The van der Waals surface area contributed by atoms with Crippen LogP contribution in [0, 0.1) is 52.3 Å². The normalized spacial score (nSPS) is 35.6. The Morgan fingerprint density at radius 1 is 1.05 bits per heavy atom. The lowest BCUT2D eigenvalue weighted by Gasteiger charge is -2.57. The number of alkyl carbamates (subject to hydrolysis) is 1. The van der Waals surface area contributed by atoms with Crippen LogP contribution in [0.4, 0.5) is 10.5 Å². The van der Waals surface area contributed by atoms with E-state index in [0.29, 0.717) is 17.9 Å². The van der Waals surface area contributed by atoms with Gasteiger partial charge in [-0.15, -0.1) is 0 Å². The SMILES string of the molecule is COc1c(NCCNC(=O)O[C@@H]2CC3=CC[C@@H]4C(CC[C@]5(C)[C@@H]([C@H](C)CCCC(C)C)CC[C@@H]45)[C@@]3(C)C[C@@H](C)C2)c(=O)c1=O. The Morgan fingerprint density at radius 2 is 1.82 bits per heavy atom. The highest BCUT2D eigenvalue weighted by Gasteiger charge is 2.59. The summed E-state index contributed by atoms with van der Waals surface area (Å²) in [7, 11) is 1.37. The molecule has 0 spiro atoms. The van der Waals surface area contributed by atoms with Crippen LogP contribution in [0.2, 0.25) is 0 Å². The third-order valence-corrected chi connectivity index (χ3v) is 12.8. The molecule has 246 valence electrons. The molecule has 4 aliphatic carbocycles. The van der Waals surface area contributed by atoms with Crippen LogP contribution in [0.25, 0.3) is 0 Å². The number of hydrogen-bond acceptors (Lipinski definition) is 6. The molecule has 7 nitrogen and oxygen atoms in total. The Morgan fingerprint density at radius 3 is 2.55 bits per heavy atom. The minimum absolute atomic E-state index is 0.0538. The lowest BCUT2D eigenvalue weighted by molar-refractivity contribution is -0.0485. The number of carbonyl (C=O) groups excluding carboxylic acids is 1. The summed E-state index contributed by atoms with van der Waals surface area (Å²) < 4.78 is 11.0. The summed E-state index contributed by atoms with van der Waals surface area (Å²) in [6.45, 7) is 15.4. The zero-order chi connectivity index (χ0) is 31.8. The van der Waals surface area contributed by atoms with Gasteiger partial charge in [0.25, 0.3) is 10.9 Å². The van der Waals surface area contributed by atoms with E-state index in [1.807, 2.05) is 0 Å². The number of anilines is 1. The van der Waals surface area contributed by atoms with Crippen molar-refractivity contribution in [3.8, 4) is 5.75 Å². The van der Waals surface area contributed by atoms with Crippen molar-refractivity contribution in [1.29, 1.82) is 0 Å². The van der Waals surface area contributed by atoms with Crippen LogP contribution in [-0.4, -0.2) is 32.4 Å². The molecule has 3 fully saturated rings. The fourth-order valence-corrected chi connectivity index (χ4v) is 10.7. The van der Waals surface area contributed by atoms with E-state index in [0.717, 1.165) is 48.3 Å². The molecule has 0 aliphatic heterocycles. The Bertz CT molecular complexity index is 1280. The molecule has 0 heterocycles. The van der Waals surface area contributed by atoms with Crippen LogP contribution in [0.5, 0.6) is 5.75 Å². The second kappa shape index (κ2) is 13.2. The van der Waals surface area contributed by atoms with Gasteiger partial charge in [-0.3, -0.25) is 9.59 Å². The topological polar surface area (TPSA) is 93.7 Å². The van der Waals surface area contributed by atoms with Gasteiger partial charge < -0.3 is 20.1 Å². The number of hydrogen-bond donors (Lipinski definition) is 2. The van der Waals surface area contributed by atoms with Crippen LogP contribution < -0.4 is 26.2 Å². The van der Waals surface area contributed by atoms with Crippen LogP contribution >= 0.6 is 0 Å². The number of methoxy groups -OCH3 is 1. The fraction of sp³-hybridized carbons (Fsp3) is 0.811. The summed E-state index contributed by atoms with van der Waals surface area (Å²) in [6, 6.07) is 0. The summed E-state index contributed by atoms with van der Waals surface area (Å²) in [4.78, 5) is 36.0. The quantitative estimate of drug-likeness (QED) is 0.153. The van der Waals surface area contributed by atoms with Gasteiger partial charge >= 0.3 is 6.09 Å². The first-order valence-corrected chi connectivity index (χ1v) is 17.6.